The first-order valence-electron chi connectivity index (χ1n) is 6.82. The summed E-state index contributed by atoms with van der Waals surface area (Å²) in [7, 11) is 3.00. The summed E-state index contributed by atoms with van der Waals surface area (Å²) >= 11 is 11.7. The number of hydrogen-bond acceptors (Lipinski definition) is 6. The van der Waals surface area contributed by atoms with Gasteiger partial charge in [0, 0.05) is 21.2 Å². The van der Waals surface area contributed by atoms with E-state index in [0.717, 1.165) is 11.1 Å². The molecule has 0 amide bonds. The van der Waals surface area contributed by atoms with Crippen molar-refractivity contribution in [3.05, 3.63) is 69.7 Å². The number of hydrogen-bond donors (Lipinski definition) is 2. The van der Waals surface area contributed by atoms with E-state index in [1.807, 2.05) is 0 Å². The van der Waals surface area contributed by atoms with Crippen molar-refractivity contribution in [3.8, 4) is 0 Å². The Kier molecular flexibility index (Phi) is 7.78. The molecule has 2 N–H and O–H groups in total. The zero-order valence-corrected chi connectivity index (χ0v) is 15.5. The zero-order chi connectivity index (χ0) is 17.4. The lowest BCUT2D eigenvalue weighted by Gasteiger charge is -2.06. The molecule has 0 aliphatic rings. The van der Waals surface area contributed by atoms with Gasteiger partial charge < -0.3 is 10.4 Å². The highest BCUT2D eigenvalue weighted by Crippen LogP contribution is 2.25. The summed E-state index contributed by atoms with van der Waals surface area (Å²) in [6.07, 6.45) is 0. The molecule has 4 nitrogen and oxygen atoms in total. The Morgan fingerprint density at radius 3 is 1.33 bits per heavy atom. The van der Waals surface area contributed by atoms with Gasteiger partial charge in [0.25, 0.3) is 0 Å². The van der Waals surface area contributed by atoms with E-state index in [2.05, 4.69) is 10.3 Å². The highest BCUT2D eigenvalue weighted by Gasteiger charge is 2.08. The Labute approximate surface area is 157 Å². The highest BCUT2D eigenvalue weighted by molar-refractivity contribution is 8.77. The Hall–Kier alpha value is -1.34. The maximum absolute atomic E-state index is 9.16. The molecule has 2 aromatic carbocycles. The molecule has 2 rings (SSSR count). The third-order valence-corrected chi connectivity index (χ3v) is 5.73. The minimum Gasteiger partial charge on any atom is -0.411 e. The molecular formula is C16H14Cl2N2O2S2. The largest absolute Gasteiger partial charge is 0.411 e. The molecule has 0 aromatic heterocycles. The zero-order valence-electron chi connectivity index (χ0n) is 12.4. The predicted octanol–water partition coefficient (Wildman–Crippen LogP) is 5.43. The van der Waals surface area contributed by atoms with Crippen LogP contribution in [0.25, 0.3) is 0 Å². The van der Waals surface area contributed by atoms with E-state index in [4.69, 9.17) is 33.6 Å². The van der Waals surface area contributed by atoms with Gasteiger partial charge in [-0.15, -0.1) is 0 Å². The monoisotopic (exact) mass is 400 g/mol. The van der Waals surface area contributed by atoms with Crippen LogP contribution < -0.4 is 0 Å². The van der Waals surface area contributed by atoms with Gasteiger partial charge in [-0.1, -0.05) is 79.4 Å². The predicted molar refractivity (Wildman–Crippen MR) is 104 cm³/mol. The van der Waals surface area contributed by atoms with E-state index in [-0.39, 0.29) is 0 Å². The average molecular weight is 401 g/mol. The van der Waals surface area contributed by atoms with Gasteiger partial charge in [0.15, 0.2) is 0 Å². The lowest BCUT2D eigenvalue weighted by molar-refractivity contribution is 0.319. The summed E-state index contributed by atoms with van der Waals surface area (Å²) in [4.78, 5) is 0. The minimum atomic E-state index is 0.502. The van der Waals surface area contributed by atoms with Gasteiger partial charge in [-0.25, -0.2) is 0 Å². The van der Waals surface area contributed by atoms with E-state index in [1.165, 1.54) is 21.6 Å². The fourth-order valence-electron chi connectivity index (χ4n) is 1.82. The molecule has 0 aliphatic carbocycles. The molecule has 0 saturated heterocycles. The van der Waals surface area contributed by atoms with E-state index >= 15 is 0 Å². The van der Waals surface area contributed by atoms with Crippen LogP contribution in [-0.4, -0.2) is 33.3 Å². The summed E-state index contributed by atoms with van der Waals surface area (Å²) in [6, 6.07) is 14.2. The van der Waals surface area contributed by atoms with Crippen LogP contribution in [0, 0.1) is 0 Å². The van der Waals surface area contributed by atoms with Gasteiger partial charge in [-0.2, -0.15) is 0 Å². The second-order valence-corrected chi connectivity index (χ2v) is 7.97. The summed E-state index contributed by atoms with van der Waals surface area (Å²) in [5, 5.41) is 26.3. The van der Waals surface area contributed by atoms with E-state index in [0.29, 0.717) is 33.0 Å². The molecule has 0 unspecified atom stereocenters. The normalized spacial score (nSPS) is 12.4. The summed E-state index contributed by atoms with van der Waals surface area (Å²) in [5.41, 5.74) is 2.73. The molecule has 0 radical (unpaired) electrons. The first-order valence-corrected chi connectivity index (χ1v) is 10.1. The van der Waals surface area contributed by atoms with Crippen LogP contribution in [0.2, 0.25) is 10.0 Å². The fourth-order valence-corrected chi connectivity index (χ4v) is 4.08. The first kappa shape index (κ1) is 19.0. The Morgan fingerprint density at radius 1 is 0.708 bits per heavy atom. The molecule has 24 heavy (non-hydrogen) atoms. The molecule has 0 bridgehead atoms. The van der Waals surface area contributed by atoms with Crippen molar-refractivity contribution >= 4 is 56.2 Å². The van der Waals surface area contributed by atoms with Crippen molar-refractivity contribution < 1.29 is 10.4 Å². The minimum absolute atomic E-state index is 0.502. The number of oxime groups is 2. The molecular weight excluding hydrogens is 387 g/mol. The van der Waals surface area contributed by atoms with Gasteiger partial charge in [0.2, 0.25) is 0 Å². The molecule has 0 atom stereocenters. The van der Waals surface area contributed by atoms with E-state index < -0.39 is 0 Å². The molecule has 0 aliphatic heterocycles. The molecule has 0 fully saturated rings. The van der Waals surface area contributed by atoms with Crippen molar-refractivity contribution in [2.24, 2.45) is 10.3 Å². The third kappa shape index (κ3) is 5.63. The van der Waals surface area contributed by atoms with Crippen molar-refractivity contribution in [3.63, 3.8) is 0 Å². The molecule has 0 saturated carbocycles. The molecule has 8 heteroatoms. The lowest BCUT2D eigenvalue weighted by Crippen LogP contribution is -2.06. The molecule has 0 heterocycles. The Bertz CT molecular complexity index is 656. The summed E-state index contributed by atoms with van der Waals surface area (Å²) in [5.74, 6) is 1.00. The maximum atomic E-state index is 9.16. The second-order valence-electron chi connectivity index (χ2n) is 4.63. The van der Waals surface area contributed by atoms with Crippen LogP contribution in [0.5, 0.6) is 0 Å². The van der Waals surface area contributed by atoms with Gasteiger partial charge in [0.1, 0.15) is 0 Å². The van der Waals surface area contributed by atoms with Crippen LogP contribution in [-0.2, 0) is 0 Å². The standard InChI is InChI=1S/C16H14Cl2N2O2S2/c17-13-5-1-11(2-6-13)15(19-21)9-23-24-10-16(20-22)12-3-7-14(18)8-4-12/h1-8,21-22H,9-10H2/b19-15+,20-16+. The fraction of sp³-hybridized carbons (Fsp3) is 0.125. The number of benzene rings is 2. The van der Waals surface area contributed by atoms with Gasteiger partial charge >= 0.3 is 0 Å². The quantitative estimate of drug-likeness (QED) is 0.213. The summed E-state index contributed by atoms with van der Waals surface area (Å²) < 4.78 is 0. The second kappa shape index (κ2) is 9.84. The smallest absolute Gasteiger partial charge is 0.0975 e. The maximum Gasteiger partial charge on any atom is 0.0975 e. The third-order valence-electron chi connectivity index (χ3n) is 3.07. The van der Waals surface area contributed by atoms with Crippen LogP contribution in [0.4, 0.5) is 0 Å². The summed E-state index contributed by atoms with van der Waals surface area (Å²) in [6.45, 7) is 0. The van der Waals surface area contributed by atoms with Crippen molar-refractivity contribution in [1.29, 1.82) is 0 Å². The SMILES string of the molecule is O/N=C(\CSSC/C(=N\O)c1ccc(Cl)cc1)c1ccc(Cl)cc1. The highest BCUT2D eigenvalue weighted by atomic mass is 35.5. The van der Waals surface area contributed by atoms with Gasteiger partial charge in [-0.3, -0.25) is 0 Å². The molecule has 0 spiro atoms. The van der Waals surface area contributed by atoms with Crippen LogP contribution in [0.1, 0.15) is 11.1 Å². The molecule has 2 aromatic rings. The van der Waals surface area contributed by atoms with Crippen LogP contribution in [0.15, 0.2) is 58.8 Å². The van der Waals surface area contributed by atoms with E-state index in [9.17, 15) is 0 Å². The number of nitrogens with zero attached hydrogens (tertiary/aromatic N) is 2. The topological polar surface area (TPSA) is 65.2 Å². The van der Waals surface area contributed by atoms with Gasteiger partial charge in [0.05, 0.1) is 22.9 Å². The van der Waals surface area contributed by atoms with Gasteiger partial charge in [-0.05, 0) is 24.3 Å². The van der Waals surface area contributed by atoms with Crippen molar-refractivity contribution in [2.75, 3.05) is 11.5 Å². The van der Waals surface area contributed by atoms with Crippen molar-refractivity contribution in [1.82, 2.24) is 0 Å². The Morgan fingerprint density at radius 2 is 1.04 bits per heavy atom. The Balaban J connectivity index is 1.86. The van der Waals surface area contributed by atoms with Crippen LogP contribution >= 0.6 is 44.8 Å². The molecule has 126 valence electrons. The first-order chi connectivity index (χ1) is 11.6. The van der Waals surface area contributed by atoms with E-state index in [1.54, 1.807) is 48.5 Å². The number of rotatable bonds is 7. The average Bonchev–Trinajstić information content (AvgIpc) is 2.60. The van der Waals surface area contributed by atoms with Crippen LogP contribution in [0.3, 0.4) is 0 Å². The van der Waals surface area contributed by atoms with Crippen molar-refractivity contribution in [2.45, 2.75) is 0 Å². The lowest BCUT2D eigenvalue weighted by atomic mass is 10.1. The number of halogens is 2.